The van der Waals surface area contributed by atoms with E-state index >= 15 is 0 Å². The van der Waals surface area contributed by atoms with Crippen LogP contribution >= 0.6 is 0 Å². The minimum Gasteiger partial charge on any atom is -0.390 e. The lowest BCUT2D eigenvalue weighted by Gasteiger charge is -2.59. The quantitative estimate of drug-likeness (QED) is 0.656. The van der Waals surface area contributed by atoms with E-state index in [1.165, 1.54) is 5.57 Å². The van der Waals surface area contributed by atoms with Gasteiger partial charge in [-0.05, 0) is 86.9 Å². The Kier molecular flexibility index (Phi) is 3.15. The van der Waals surface area contributed by atoms with E-state index in [9.17, 15) is 15.2 Å². The lowest BCUT2D eigenvalue weighted by Crippen LogP contribution is -2.56. The maximum absolute atomic E-state index is 12.9. The molecule has 4 fully saturated rings. The van der Waals surface area contributed by atoms with Gasteiger partial charge in [0.1, 0.15) is 5.92 Å². The monoisotopic (exact) mass is 353 g/mol. The fourth-order valence-electron chi connectivity index (χ4n) is 8.07. The fraction of sp³-hybridized carbons (Fsp3) is 0.826. The highest BCUT2D eigenvalue weighted by atomic mass is 16.3. The molecule has 0 aromatic rings. The average Bonchev–Trinajstić information content (AvgIpc) is 3.34. The molecule has 4 saturated carbocycles. The van der Waals surface area contributed by atoms with Crippen molar-refractivity contribution in [1.82, 2.24) is 0 Å². The van der Waals surface area contributed by atoms with Gasteiger partial charge >= 0.3 is 0 Å². The molecule has 26 heavy (non-hydrogen) atoms. The van der Waals surface area contributed by atoms with Gasteiger partial charge in [-0.1, -0.05) is 25.5 Å². The van der Waals surface area contributed by atoms with Crippen molar-refractivity contribution in [2.24, 2.45) is 39.9 Å². The van der Waals surface area contributed by atoms with Crippen molar-refractivity contribution in [2.75, 3.05) is 0 Å². The van der Waals surface area contributed by atoms with E-state index in [1.54, 1.807) is 0 Å². The number of nitrogens with zero attached hydrogens (tertiary/aromatic N) is 1. The second-order valence-corrected chi connectivity index (χ2v) is 10.7. The number of carbonyl (C=O) groups excluding carboxylic acids is 1. The number of aliphatic hydroxyl groups is 1. The molecule has 1 spiro atoms. The zero-order chi connectivity index (χ0) is 18.5. The van der Waals surface area contributed by atoms with Crippen molar-refractivity contribution >= 4 is 5.78 Å². The van der Waals surface area contributed by atoms with E-state index in [2.05, 4.69) is 26.0 Å². The van der Waals surface area contributed by atoms with E-state index in [4.69, 9.17) is 0 Å². The first-order valence-electron chi connectivity index (χ1n) is 10.6. The number of Topliss-reactive ketones (excluding diaryl/α,β-unsaturated/α-hetero) is 1. The Balaban J connectivity index is 1.57. The molecule has 5 aliphatic carbocycles. The van der Waals surface area contributed by atoms with Crippen molar-refractivity contribution < 1.29 is 9.90 Å². The van der Waals surface area contributed by atoms with E-state index < -0.39 is 11.5 Å². The number of allylic oxidation sites excluding steroid dienone is 2. The number of nitriles is 1. The molecule has 140 valence electrons. The van der Waals surface area contributed by atoms with Gasteiger partial charge in [-0.25, -0.2) is 0 Å². The highest BCUT2D eigenvalue weighted by molar-refractivity contribution is 5.96. The Hall–Kier alpha value is -1.14. The predicted molar refractivity (Wildman–Crippen MR) is 98.9 cm³/mol. The third-order valence-corrected chi connectivity index (χ3v) is 9.86. The molecular weight excluding hydrogens is 322 g/mol. The lowest BCUT2D eigenvalue weighted by molar-refractivity contribution is -0.135. The van der Waals surface area contributed by atoms with Crippen molar-refractivity contribution in [3.05, 3.63) is 11.6 Å². The normalized spacial score (nSPS) is 54.0. The van der Waals surface area contributed by atoms with Gasteiger partial charge in [-0.15, -0.1) is 0 Å². The molecule has 0 aromatic heterocycles. The van der Waals surface area contributed by atoms with Gasteiger partial charge in [0.15, 0.2) is 5.78 Å². The SMILES string of the molecule is CC1(O)CC[C@H]2[C@@H]3CC=C4C5(CC5)C(=O)C(C#N)C[C@]4(C)[C@H]3CC[C@@]21C. The largest absolute Gasteiger partial charge is 0.390 e. The van der Waals surface area contributed by atoms with Crippen LogP contribution < -0.4 is 0 Å². The summed E-state index contributed by atoms with van der Waals surface area (Å²) in [6.45, 7) is 6.72. The van der Waals surface area contributed by atoms with Crippen LogP contribution in [0, 0.1) is 51.2 Å². The summed E-state index contributed by atoms with van der Waals surface area (Å²) in [5.41, 5.74) is 0.593. The standard InChI is InChI=1S/C23H31NO2/c1-20-12-14(13-24)19(25)23(10-11-23)18(20)5-4-15-16(20)6-8-21(2)17(15)7-9-22(21,3)26/h5,14-17,26H,4,6-12H2,1-3H3/t14?,15-,16+,17+,20-,21+,22?/m1/s1. The smallest absolute Gasteiger partial charge is 0.160 e. The van der Waals surface area contributed by atoms with E-state index in [0.717, 1.165) is 51.4 Å². The van der Waals surface area contributed by atoms with Crippen LogP contribution in [0.1, 0.15) is 72.1 Å². The molecule has 0 amide bonds. The second-order valence-electron chi connectivity index (χ2n) is 10.7. The maximum atomic E-state index is 12.9. The Morgan fingerprint density at radius 3 is 2.46 bits per heavy atom. The van der Waals surface area contributed by atoms with Crippen LogP contribution in [0.4, 0.5) is 0 Å². The summed E-state index contributed by atoms with van der Waals surface area (Å²) in [6.07, 6.45) is 10.4. The summed E-state index contributed by atoms with van der Waals surface area (Å²) >= 11 is 0. The fourth-order valence-corrected chi connectivity index (χ4v) is 8.07. The van der Waals surface area contributed by atoms with Gasteiger partial charge in [0, 0.05) is 0 Å². The third-order valence-electron chi connectivity index (χ3n) is 9.86. The summed E-state index contributed by atoms with van der Waals surface area (Å²) in [7, 11) is 0. The van der Waals surface area contributed by atoms with Crippen LogP contribution in [0.2, 0.25) is 0 Å². The van der Waals surface area contributed by atoms with Crippen LogP contribution in [-0.4, -0.2) is 16.5 Å². The summed E-state index contributed by atoms with van der Waals surface area (Å²) < 4.78 is 0. The topological polar surface area (TPSA) is 61.1 Å². The summed E-state index contributed by atoms with van der Waals surface area (Å²) in [5, 5.41) is 20.7. The van der Waals surface area contributed by atoms with Crippen molar-refractivity contribution in [2.45, 2.75) is 77.7 Å². The molecule has 5 aliphatic rings. The van der Waals surface area contributed by atoms with Crippen molar-refractivity contribution in [3.63, 3.8) is 0 Å². The second kappa shape index (κ2) is 4.82. The highest BCUT2D eigenvalue weighted by Gasteiger charge is 2.68. The first-order chi connectivity index (χ1) is 12.2. The van der Waals surface area contributed by atoms with Gasteiger partial charge in [0.25, 0.3) is 0 Å². The first kappa shape index (κ1) is 17.0. The Labute approximate surface area is 156 Å². The number of ketones is 1. The molecule has 0 bridgehead atoms. The predicted octanol–water partition coefficient (Wildman–Crippen LogP) is 4.41. The van der Waals surface area contributed by atoms with Gasteiger partial charge in [-0.2, -0.15) is 5.26 Å². The van der Waals surface area contributed by atoms with E-state index in [-0.39, 0.29) is 22.0 Å². The zero-order valence-corrected chi connectivity index (χ0v) is 16.3. The third kappa shape index (κ3) is 1.76. The minimum absolute atomic E-state index is 0.00347. The van der Waals surface area contributed by atoms with E-state index in [0.29, 0.717) is 17.8 Å². The molecule has 2 unspecified atom stereocenters. The Morgan fingerprint density at radius 1 is 1.12 bits per heavy atom. The number of hydrogen-bond donors (Lipinski definition) is 1. The molecule has 0 saturated heterocycles. The van der Waals surface area contributed by atoms with Crippen LogP contribution in [0.25, 0.3) is 0 Å². The number of carbonyl (C=O) groups is 1. The van der Waals surface area contributed by atoms with Crippen molar-refractivity contribution in [3.8, 4) is 6.07 Å². The van der Waals surface area contributed by atoms with Crippen LogP contribution in [0.15, 0.2) is 11.6 Å². The Morgan fingerprint density at radius 2 is 1.81 bits per heavy atom. The zero-order valence-electron chi connectivity index (χ0n) is 16.3. The average molecular weight is 354 g/mol. The number of hydrogen-bond acceptors (Lipinski definition) is 3. The summed E-state index contributed by atoms with van der Waals surface area (Å²) in [4.78, 5) is 12.9. The van der Waals surface area contributed by atoms with Gasteiger partial charge in [0.05, 0.1) is 17.1 Å². The molecule has 0 radical (unpaired) electrons. The van der Waals surface area contributed by atoms with Gasteiger partial charge in [-0.3, -0.25) is 4.79 Å². The van der Waals surface area contributed by atoms with Crippen LogP contribution in [-0.2, 0) is 4.79 Å². The number of fused-ring (bicyclic) bond motifs is 6. The van der Waals surface area contributed by atoms with Gasteiger partial charge in [0.2, 0.25) is 0 Å². The van der Waals surface area contributed by atoms with Gasteiger partial charge < -0.3 is 5.11 Å². The molecule has 0 heterocycles. The molecule has 3 heteroatoms. The highest BCUT2D eigenvalue weighted by Crippen LogP contribution is 2.72. The van der Waals surface area contributed by atoms with E-state index in [1.807, 2.05) is 6.92 Å². The minimum atomic E-state index is -0.553. The summed E-state index contributed by atoms with van der Waals surface area (Å²) in [6, 6.07) is 2.35. The Bertz CT molecular complexity index is 755. The van der Waals surface area contributed by atoms with Crippen LogP contribution in [0.3, 0.4) is 0 Å². The molecule has 5 rings (SSSR count). The lowest BCUT2D eigenvalue weighted by atomic mass is 9.44. The molecule has 3 nitrogen and oxygen atoms in total. The molecular formula is C23H31NO2. The first-order valence-corrected chi connectivity index (χ1v) is 10.6. The van der Waals surface area contributed by atoms with Crippen molar-refractivity contribution in [1.29, 1.82) is 5.26 Å². The molecule has 0 aromatic carbocycles. The number of rotatable bonds is 0. The van der Waals surface area contributed by atoms with Crippen LogP contribution in [0.5, 0.6) is 0 Å². The maximum Gasteiger partial charge on any atom is 0.160 e. The molecule has 1 N–H and O–H groups in total. The molecule has 0 aliphatic heterocycles. The molecule has 7 atom stereocenters. The summed E-state index contributed by atoms with van der Waals surface area (Å²) in [5.74, 6) is 1.53.